The minimum absolute atomic E-state index is 0.0214. The summed E-state index contributed by atoms with van der Waals surface area (Å²) >= 11 is 0. The van der Waals surface area contributed by atoms with E-state index in [0.29, 0.717) is 32.0 Å². The molecule has 0 amide bonds. The van der Waals surface area contributed by atoms with Crippen LogP contribution >= 0.6 is 0 Å². The normalized spacial score (nSPS) is 23.1. The van der Waals surface area contributed by atoms with E-state index >= 15 is 0 Å². The van der Waals surface area contributed by atoms with Crippen molar-refractivity contribution in [2.75, 3.05) is 19.7 Å². The summed E-state index contributed by atoms with van der Waals surface area (Å²) < 4.78 is 38.5. The van der Waals surface area contributed by atoms with E-state index in [0.717, 1.165) is 6.42 Å². The Balaban J connectivity index is 1.41. The summed E-state index contributed by atoms with van der Waals surface area (Å²) in [5.41, 5.74) is -0.465. The first-order chi connectivity index (χ1) is 12.1. The van der Waals surface area contributed by atoms with Gasteiger partial charge in [-0.3, -0.25) is 4.98 Å². The fourth-order valence-corrected chi connectivity index (χ4v) is 4.86. The van der Waals surface area contributed by atoms with Crippen LogP contribution in [0.5, 0.6) is 5.88 Å². The number of rotatable bonds is 4. The molecule has 1 unspecified atom stereocenters. The molecule has 0 aromatic carbocycles. The highest BCUT2D eigenvalue weighted by atomic mass is 32.2. The Morgan fingerprint density at radius 2 is 2.08 bits per heavy atom. The molecule has 4 heterocycles. The molecule has 0 aliphatic carbocycles. The molecule has 2 fully saturated rings. The first-order valence-corrected chi connectivity index (χ1v) is 9.63. The molecular formula is C17H19N3O4S. The van der Waals surface area contributed by atoms with Crippen LogP contribution in [0.15, 0.2) is 53.8 Å². The van der Waals surface area contributed by atoms with Crippen molar-refractivity contribution in [3.63, 3.8) is 0 Å². The van der Waals surface area contributed by atoms with Crippen LogP contribution in [-0.4, -0.2) is 54.1 Å². The van der Waals surface area contributed by atoms with E-state index in [2.05, 4.69) is 9.97 Å². The topological polar surface area (TPSA) is 81.6 Å². The van der Waals surface area contributed by atoms with Gasteiger partial charge < -0.3 is 9.47 Å². The Bertz CT molecular complexity index is 823. The van der Waals surface area contributed by atoms with E-state index in [1.165, 1.54) is 10.5 Å². The number of sulfonamides is 1. The first-order valence-electron chi connectivity index (χ1n) is 8.19. The number of hydrogen-bond acceptors (Lipinski definition) is 6. The highest BCUT2D eigenvalue weighted by Gasteiger charge is 2.52. The molecule has 2 saturated heterocycles. The zero-order valence-corrected chi connectivity index (χ0v) is 14.4. The van der Waals surface area contributed by atoms with Crippen molar-refractivity contribution in [2.45, 2.75) is 29.4 Å². The van der Waals surface area contributed by atoms with Gasteiger partial charge in [0.25, 0.3) is 0 Å². The van der Waals surface area contributed by atoms with Gasteiger partial charge >= 0.3 is 0 Å². The standard InChI is InChI=1S/C17H19N3O4S/c21-25(22,15-4-3-7-18-11-15)20-12-17(13-20)10-14(6-9-23-17)24-16-5-1-2-8-19-16/h1-5,7-8,11,14H,6,9-10,12-13H2. The number of pyridine rings is 2. The molecule has 25 heavy (non-hydrogen) atoms. The van der Waals surface area contributed by atoms with Crippen molar-refractivity contribution in [2.24, 2.45) is 0 Å². The van der Waals surface area contributed by atoms with Crippen LogP contribution in [0.1, 0.15) is 12.8 Å². The fourth-order valence-electron chi connectivity index (χ4n) is 3.31. The molecule has 4 rings (SSSR count). The van der Waals surface area contributed by atoms with Crippen LogP contribution < -0.4 is 4.74 Å². The lowest BCUT2D eigenvalue weighted by atomic mass is 9.86. The van der Waals surface area contributed by atoms with Gasteiger partial charge in [-0.25, -0.2) is 13.4 Å². The van der Waals surface area contributed by atoms with Gasteiger partial charge in [-0.1, -0.05) is 6.07 Å². The lowest BCUT2D eigenvalue weighted by Crippen LogP contribution is -2.67. The van der Waals surface area contributed by atoms with Gasteiger partial charge in [-0.2, -0.15) is 4.31 Å². The van der Waals surface area contributed by atoms with Crippen molar-refractivity contribution in [1.29, 1.82) is 0 Å². The third kappa shape index (κ3) is 3.24. The van der Waals surface area contributed by atoms with E-state index in [1.807, 2.05) is 18.2 Å². The lowest BCUT2D eigenvalue weighted by Gasteiger charge is -2.51. The fraction of sp³-hybridized carbons (Fsp3) is 0.412. The molecular weight excluding hydrogens is 342 g/mol. The Labute approximate surface area is 146 Å². The van der Waals surface area contributed by atoms with E-state index in [4.69, 9.17) is 9.47 Å². The zero-order chi connectivity index (χ0) is 17.3. The summed E-state index contributed by atoms with van der Waals surface area (Å²) in [5, 5.41) is 0. The average molecular weight is 361 g/mol. The smallest absolute Gasteiger partial charge is 0.244 e. The predicted octanol–water partition coefficient (Wildman–Crippen LogP) is 1.48. The Morgan fingerprint density at radius 1 is 1.20 bits per heavy atom. The maximum absolute atomic E-state index is 12.6. The van der Waals surface area contributed by atoms with E-state index < -0.39 is 15.6 Å². The van der Waals surface area contributed by atoms with Gasteiger partial charge in [0.1, 0.15) is 11.0 Å². The minimum atomic E-state index is -3.52. The largest absolute Gasteiger partial charge is 0.474 e. The van der Waals surface area contributed by atoms with Gasteiger partial charge in [-0.05, 0) is 18.2 Å². The van der Waals surface area contributed by atoms with Crippen molar-refractivity contribution in [3.05, 3.63) is 48.9 Å². The molecule has 0 bridgehead atoms. The quantitative estimate of drug-likeness (QED) is 0.820. The van der Waals surface area contributed by atoms with Gasteiger partial charge in [0.05, 0.1) is 12.2 Å². The third-order valence-corrected chi connectivity index (χ3v) is 6.35. The number of nitrogens with zero attached hydrogens (tertiary/aromatic N) is 3. The second-order valence-electron chi connectivity index (χ2n) is 6.39. The second-order valence-corrected chi connectivity index (χ2v) is 8.33. The number of hydrogen-bond donors (Lipinski definition) is 0. The van der Waals surface area contributed by atoms with Gasteiger partial charge in [-0.15, -0.1) is 0 Å². The molecule has 0 saturated carbocycles. The van der Waals surface area contributed by atoms with Gasteiger partial charge in [0.2, 0.25) is 15.9 Å². The average Bonchev–Trinajstić information content (AvgIpc) is 2.61. The molecule has 2 aromatic heterocycles. The maximum atomic E-state index is 12.6. The molecule has 0 radical (unpaired) electrons. The first kappa shape index (κ1) is 16.4. The molecule has 2 aliphatic rings. The Morgan fingerprint density at radius 3 is 2.80 bits per heavy atom. The van der Waals surface area contributed by atoms with Crippen LogP contribution in [0, 0.1) is 0 Å². The maximum Gasteiger partial charge on any atom is 0.244 e. The highest BCUT2D eigenvalue weighted by molar-refractivity contribution is 7.89. The van der Waals surface area contributed by atoms with Crippen LogP contribution in [-0.2, 0) is 14.8 Å². The van der Waals surface area contributed by atoms with Crippen LogP contribution in [0.2, 0.25) is 0 Å². The number of aromatic nitrogens is 2. The van der Waals surface area contributed by atoms with Crippen molar-refractivity contribution < 1.29 is 17.9 Å². The number of ether oxygens (including phenoxy) is 2. The minimum Gasteiger partial charge on any atom is -0.474 e. The molecule has 0 N–H and O–H groups in total. The summed E-state index contributed by atoms with van der Waals surface area (Å²) in [6, 6.07) is 8.72. The predicted molar refractivity (Wildman–Crippen MR) is 89.6 cm³/mol. The summed E-state index contributed by atoms with van der Waals surface area (Å²) in [6.45, 7) is 1.23. The van der Waals surface area contributed by atoms with Crippen molar-refractivity contribution >= 4 is 10.0 Å². The third-order valence-electron chi connectivity index (χ3n) is 4.57. The van der Waals surface area contributed by atoms with Crippen molar-refractivity contribution in [3.8, 4) is 5.88 Å². The lowest BCUT2D eigenvalue weighted by molar-refractivity contribution is -0.165. The monoisotopic (exact) mass is 361 g/mol. The zero-order valence-electron chi connectivity index (χ0n) is 13.6. The molecule has 2 aliphatic heterocycles. The molecule has 132 valence electrons. The van der Waals surface area contributed by atoms with E-state index in [-0.39, 0.29) is 11.0 Å². The summed E-state index contributed by atoms with van der Waals surface area (Å²) in [4.78, 5) is 8.28. The molecule has 1 spiro atoms. The van der Waals surface area contributed by atoms with Crippen molar-refractivity contribution in [1.82, 2.24) is 14.3 Å². The molecule has 7 nitrogen and oxygen atoms in total. The van der Waals surface area contributed by atoms with Gasteiger partial charge in [0.15, 0.2) is 0 Å². The second kappa shape index (κ2) is 6.36. The Kier molecular flexibility index (Phi) is 4.18. The molecule has 2 aromatic rings. The van der Waals surface area contributed by atoms with Gasteiger partial charge in [0, 0.05) is 50.6 Å². The molecule has 8 heteroatoms. The van der Waals surface area contributed by atoms with E-state index in [9.17, 15) is 8.42 Å². The summed E-state index contributed by atoms with van der Waals surface area (Å²) in [7, 11) is -3.52. The summed E-state index contributed by atoms with van der Waals surface area (Å²) in [6.07, 6.45) is 6.02. The highest BCUT2D eigenvalue weighted by Crippen LogP contribution is 2.38. The summed E-state index contributed by atoms with van der Waals surface area (Å²) in [5.74, 6) is 0.587. The van der Waals surface area contributed by atoms with E-state index in [1.54, 1.807) is 24.5 Å². The Hall–Kier alpha value is -2.03. The molecule has 1 atom stereocenters. The van der Waals surface area contributed by atoms with Crippen LogP contribution in [0.4, 0.5) is 0 Å². The van der Waals surface area contributed by atoms with Crippen LogP contribution in [0.25, 0.3) is 0 Å². The van der Waals surface area contributed by atoms with Crippen LogP contribution in [0.3, 0.4) is 0 Å². The SMILES string of the molecule is O=S(=O)(c1cccnc1)N1CC2(CC(Oc3ccccn3)CCO2)C1.